The Bertz CT molecular complexity index is 1260. The molecule has 3 aromatic heterocycles. The van der Waals surface area contributed by atoms with Crippen molar-refractivity contribution < 1.29 is 26.3 Å². The molecule has 0 spiro atoms. The fourth-order valence-electron chi connectivity index (χ4n) is 2.77. The molecule has 0 saturated heterocycles. The Labute approximate surface area is 155 Å². The molecule has 4 rings (SSSR count). The summed E-state index contributed by atoms with van der Waals surface area (Å²) >= 11 is 0.982. The van der Waals surface area contributed by atoms with Gasteiger partial charge in [-0.3, -0.25) is 4.79 Å². The lowest BCUT2D eigenvalue weighted by molar-refractivity contribution is -0.140. The van der Waals surface area contributed by atoms with Crippen LogP contribution in [0.15, 0.2) is 40.5 Å². The van der Waals surface area contributed by atoms with Gasteiger partial charge >= 0.3 is 6.18 Å². The summed E-state index contributed by atoms with van der Waals surface area (Å²) in [4.78, 5) is 15.0. The number of halogens is 6. The number of rotatable bonds is 2. The first-order valence-corrected chi connectivity index (χ1v) is 8.47. The molecule has 0 aliphatic rings. The number of H-pyrrole nitrogens is 1. The Kier molecular flexibility index (Phi) is 4.07. The molecule has 11 heteroatoms. The van der Waals surface area contributed by atoms with Crippen molar-refractivity contribution in [1.29, 1.82) is 0 Å². The van der Waals surface area contributed by atoms with Crippen LogP contribution in [0.3, 0.4) is 0 Å². The van der Waals surface area contributed by atoms with E-state index in [1.807, 2.05) is 0 Å². The lowest BCUT2D eigenvalue weighted by Crippen LogP contribution is -2.15. The molecule has 0 amide bonds. The second kappa shape index (κ2) is 6.23. The molecule has 0 fully saturated rings. The summed E-state index contributed by atoms with van der Waals surface area (Å²) in [5.74, 6) is -4.00. The molecule has 144 valence electrons. The SMILES string of the molecule is O=c1cc(-c2cc(F)c(F)cc2F)[nH]c2c(-c3cccs3)c(C(F)(F)F)nn12. The minimum Gasteiger partial charge on any atom is -0.339 e. The monoisotopic (exact) mass is 415 g/mol. The van der Waals surface area contributed by atoms with Crippen molar-refractivity contribution in [3.05, 3.63) is 69.2 Å². The maximum absolute atomic E-state index is 14.1. The van der Waals surface area contributed by atoms with Gasteiger partial charge in [0.2, 0.25) is 0 Å². The van der Waals surface area contributed by atoms with Crippen LogP contribution in [0.5, 0.6) is 0 Å². The number of fused-ring (bicyclic) bond motifs is 1. The molecule has 4 nitrogen and oxygen atoms in total. The van der Waals surface area contributed by atoms with Gasteiger partial charge in [-0.05, 0) is 17.5 Å². The van der Waals surface area contributed by atoms with Crippen LogP contribution >= 0.6 is 11.3 Å². The first-order chi connectivity index (χ1) is 13.2. The maximum Gasteiger partial charge on any atom is 0.435 e. The quantitative estimate of drug-likeness (QED) is 0.376. The predicted molar refractivity (Wildman–Crippen MR) is 89.4 cm³/mol. The molecule has 4 aromatic rings. The molecule has 0 unspecified atom stereocenters. The zero-order valence-electron chi connectivity index (χ0n) is 13.4. The van der Waals surface area contributed by atoms with Gasteiger partial charge in [0.15, 0.2) is 17.3 Å². The number of nitrogens with zero attached hydrogens (tertiary/aromatic N) is 2. The van der Waals surface area contributed by atoms with Gasteiger partial charge in [0.25, 0.3) is 5.56 Å². The Morgan fingerprint density at radius 1 is 1.04 bits per heavy atom. The van der Waals surface area contributed by atoms with E-state index in [1.165, 1.54) is 17.5 Å². The van der Waals surface area contributed by atoms with Gasteiger partial charge < -0.3 is 4.98 Å². The van der Waals surface area contributed by atoms with Crippen LogP contribution in [0, 0.1) is 17.5 Å². The third-order valence-corrected chi connectivity index (χ3v) is 4.84. The van der Waals surface area contributed by atoms with E-state index < -0.39 is 46.0 Å². The zero-order valence-corrected chi connectivity index (χ0v) is 14.3. The first kappa shape index (κ1) is 18.3. The summed E-state index contributed by atoms with van der Waals surface area (Å²) in [6.07, 6.45) is -4.86. The molecule has 28 heavy (non-hydrogen) atoms. The molecule has 0 radical (unpaired) electrons. The van der Waals surface area contributed by atoms with E-state index >= 15 is 0 Å². The van der Waals surface area contributed by atoms with E-state index in [2.05, 4.69) is 10.1 Å². The summed E-state index contributed by atoms with van der Waals surface area (Å²) < 4.78 is 81.6. The van der Waals surface area contributed by atoms with Crippen LogP contribution in [-0.2, 0) is 6.18 Å². The number of thiophene rings is 1. The van der Waals surface area contributed by atoms with Gasteiger partial charge in [0.1, 0.15) is 11.5 Å². The lowest BCUT2D eigenvalue weighted by atomic mass is 10.1. The maximum atomic E-state index is 14.1. The van der Waals surface area contributed by atoms with Crippen molar-refractivity contribution in [2.75, 3.05) is 0 Å². The highest BCUT2D eigenvalue weighted by molar-refractivity contribution is 7.13. The number of aromatic amines is 1. The highest BCUT2D eigenvalue weighted by Crippen LogP contribution is 2.40. The molecule has 0 bridgehead atoms. The Morgan fingerprint density at radius 2 is 1.75 bits per heavy atom. The zero-order chi connectivity index (χ0) is 20.2. The van der Waals surface area contributed by atoms with Gasteiger partial charge in [-0.1, -0.05) is 6.07 Å². The standard InChI is InChI=1S/C17H7F6N3OS/c18-8-5-10(20)9(19)4-7(8)11-6-13(27)26-16(24-11)14(12-2-1-3-28-12)15(25-26)17(21,22)23/h1-6,24H. The molecule has 0 atom stereocenters. The third-order valence-electron chi connectivity index (χ3n) is 3.95. The molecular weight excluding hydrogens is 408 g/mol. The summed E-state index contributed by atoms with van der Waals surface area (Å²) in [5, 5.41) is 4.89. The average Bonchev–Trinajstić information content (AvgIpc) is 3.24. The van der Waals surface area contributed by atoms with E-state index in [0.717, 1.165) is 17.4 Å². The molecule has 1 aromatic carbocycles. The normalized spacial score (nSPS) is 12.1. The number of hydrogen-bond acceptors (Lipinski definition) is 3. The van der Waals surface area contributed by atoms with Crippen LogP contribution < -0.4 is 5.56 Å². The van der Waals surface area contributed by atoms with Crippen molar-refractivity contribution >= 4 is 17.0 Å². The predicted octanol–water partition coefficient (Wildman–Crippen LogP) is 4.85. The van der Waals surface area contributed by atoms with E-state index in [0.29, 0.717) is 10.6 Å². The van der Waals surface area contributed by atoms with Crippen LogP contribution in [0.1, 0.15) is 5.69 Å². The minimum atomic E-state index is -4.86. The molecule has 0 aliphatic heterocycles. The summed E-state index contributed by atoms with van der Waals surface area (Å²) in [7, 11) is 0. The van der Waals surface area contributed by atoms with E-state index in [9.17, 15) is 31.1 Å². The van der Waals surface area contributed by atoms with Crippen molar-refractivity contribution in [2.45, 2.75) is 6.18 Å². The Balaban J connectivity index is 2.08. The largest absolute Gasteiger partial charge is 0.435 e. The Morgan fingerprint density at radius 3 is 2.39 bits per heavy atom. The Hall–Kier alpha value is -3.08. The van der Waals surface area contributed by atoms with E-state index in [-0.39, 0.29) is 22.3 Å². The van der Waals surface area contributed by atoms with E-state index in [1.54, 1.807) is 0 Å². The molecule has 0 aliphatic carbocycles. The summed E-state index contributed by atoms with van der Waals surface area (Å²) in [5.41, 5.74) is -3.87. The first-order valence-electron chi connectivity index (χ1n) is 7.59. The van der Waals surface area contributed by atoms with Crippen LogP contribution in [-0.4, -0.2) is 14.6 Å². The number of nitrogens with one attached hydrogen (secondary N) is 1. The van der Waals surface area contributed by atoms with Gasteiger partial charge in [0.05, 0.1) is 11.3 Å². The molecular formula is C17H7F6N3OS. The van der Waals surface area contributed by atoms with Gasteiger partial charge in [-0.25, -0.2) is 13.2 Å². The van der Waals surface area contributed by atoms with Crippen LogP contribution in [0.4, 0.5) is 26.3 Å². The number of hydrogen-bond donors (Lipinski definition) is 1. The molecule has 0 saturated carbocycles. The van der Waals surface area contributed by atoms with Gasteiger partial charge in [-0.15, -0.1) is 11.3 Å². The van der Waals surface area contributed by atoms with Crippen molar-refractivity contribution in [3.8, 4) is 21.7 Å². The third kappa shape index (κ3) is 2.87. The second-order valence-electron chi connectivity index (χ2n) is 5.73. The minimum absolute atomic E-state index is 0.167. The number of aromatic nitrogens is 3. The van der Waals surface area contributed by atoms with Gasteiger partial charge in [0, 0.05) is 22.6 Å². The molecule has 1 N–H and O–H groups in total. The number of alkyl halides is 3. The second-order valence-corrected chi connectivity index (χ2v) is 6.67. The van der Waals surface area contributed by atoms with Crippen LogP contribution in [0.25, 0.3) is 27.3 Å². The number of benzene rings is 1. The van der Waals surface area contributed by atoms with Crippen LogP contribution in [0.2, 0.25) is 0 Å². The summed E-state index contributed by atoms with van der Waals surface area (Å²) in [6.45, 7) is 0. The van der Waals surface area contributed by atoms with Crippen molar-refractivity contribution in [1.82, 2.24) is 14.6 Å². The van der Waals surface area contributed by atoms with E-state index in [4.69, 9.17) is 0 Å². The molecule has 3 heterocycles. The van der Waals surface area contributed by atoms with Crippen molar-refractivity contribution in [3.63, 3.8) is 0 Å². The highest BCUT2D eigenvalue weighted by Gasteiger charge is 2.39. The summed E-state index contributed by atoms with van der Waals surface area (Å²) in [6, 6.07) is 4.47. The fraction of sp³-hybridized carbons (Fsp3) is 0.0588. The lowest BCUT2D eigenvalue weighted by Gasteiger charge is -2.07. The smallest absolute Gasteiger partial charge is 0.339 e. The van der Waals surface area contributed by atoms with Gasteiger partial charge in [-0.2, -0.15) is 22.8 Å². The highest BCUT2D eigenvalue weighted by atomic mass is 32.1. The topological polar surface area (TPSA) is 50.2 Å². The average molecular weight is 415 g/mol. The van der Waals surface area contributed by atoms with Crippen molar-refractivity contribution in [2.24, 2.45) is 0 Å². The fourth-order valence-corrected chi connectivity index (χ4v) is 3.54.